The summed E-state index contributed by atoms with van der Waals surface area (Å²) in [7, 11) is 0. The molecule has 0 aliphatic carbocycles. The molecule has 0 fully saturated rings. The summed E-state index contributed by atoms with van der Waals surface area (Å²) in [4.78, 5) is 4.73. The summed E-state index contributed by atoms with van der Waals surface area (Å²) in [5.74, 6) is 0. The molecule has 0 aliphatic rings. The summed E-state index contributed by atoms with van der Waals surface area (Å²) in [6, 6.07) is 29.9. The van der Waals surface area contributed by atoms with Crippen LogP contribution in [0, 0.1) is 0 Å². The molecule has 0 unspecified atom stereocenters. The van der Waals surface area contributed by atoms with Crippen molar-refractivity contribution in [3.63, 3.8) is 0 Å². The Morgan fingerprint density at radius 1 is 0.483 bits per heavy atom. The van der Waals surface area contributed by atoms with E-state index in [1.165, 1.54) is 21.5 Å². The fourth-order valence-electron chi connectivity index (χ4n) is 4.81. The van der Waals surface area contributed by atoms with Crippen molar-refractivity contribution in [1.82, 2.24) is 4.98 Å². The lowest BCUT2D eigenvalue weighted by atomic mass is 9.95. The van der Waals surface area contributed by atoms with Crippen molar-refractivity contribution in [3.05, 3.63) is 91.1 Å². The van der Waals surface area contributed by atoms with E-state index in [9.17, 15) is 0 Å². The number of fused-ring (bicyclic) bond motifs is 12. The topological polar surface area (TPSA) is 26.0 Å². The first-order valence-corrected chi connectivity index (χ1v) is 9.82. The fraction of sp³-hybridized carbons (Fsp3) is 0. The molecule has 0 spiro atoms. The second-order valence-electron chi connectivity index (χ2n) is 7.58. The van der Waals surface area contributed by atoms with Gasteiger partial charge in [0.2, 0.25) is 0 Å². The summed E-state index contributed by atoms with van der Waals surface area (Å²) in [5, 5.41) is 10.5. The third kappa shape index (κ3) is 1.88. The van der Waals surface area contributed by atoms with Gasteiger partial charge in [-0.2, -0.15) is 0 Å². The lowest BCUT2D eigenvalue weighted by Gasteiger charge is -2.09. The largest absolute Gasteiger partial charge is 0.455 e. The minimum atomic E-state index is 0.942. The first kappa shape index (κ1) is 15.1. The molecule has 0 saturated heterocycles. The molecule has 0 bridgehead atoms. The van der Waals surface area contributed by atoms with Crippen LogP contribution < -0.4 is 0 Å². The third-order valence-corrected chi connectivity index (χ3v) is 6.08. The van der Waals surface area contributed by atoms with Crippen LogP contribution in [0.4, 0.5) is 0 Å². The van der Waals surface area contributed by atoms with Crippen LogP contribution in [0.25, 0.3) is 65.2 Å². The van der Waals surface area contributed by atoms with E-state index in [1.807, 2.05) is 12.3 Å². The van der Waals surface area contributed by atoms with E-state index >= 15 is 0 Å². The highest BCUT2D eigenvalue weighted by Gasteiger charge is 2.17. The molecule has 7 aromatic rings. The maximum absolute atomic E-state index is 6.61. The highest BCUT2D eigenvalue weighted by Crippen LogP contribution is 2.42. The van der Waals surface area contributed by atoms with E-state index in [2.05, 4.69) is 78.9 Å². The van der Waals surface area contributed by atoms with E-state index in [1.54, 1.807) is 0 Å². The Hall–Kier alpha value is -3.91. The molecule has 134 valence electrons. The molecule has 0 radical (unpaired) electrons. The van der Waals surface area contributed by atoms with Crippen LogP contribution in [0.1, 0.15) is 0 Å². The standard InChI is InChI=1S/C27H15NO/c1-2-7-17-16(6-1)11-12-21-22-14-13-19-18-8-3-4-9-20(18)25-23(10-5-15-28-25)24(19)27(22)29-26(17)21/h1-15H. The van der Waals surface area contributed by atoms with E-state index in [0.717, 1.165) is 43.6 Å². The summed E-state index contributed by atoms with van der Waals surface area (Å²) in [5.41, 5.74) is 2.92. The van der Waals surface area contributed by atoms with Gasteiger partial charge in [0, 0.05) is 38.5 Å². The average molecular weight is 369 g/mol. The molecule has 0 N–H and O–H groups in total. The maximum atomic E-state index is 6.61. The Morgan fingerprint density at radius 3 is 2.10 bits per heavy atom. The zero-order valence-corrected chi connectivity index (χ0v) is 15.5. The molecule has 2 nitrogen and oxygen atoms in total. The SMILES string of the molecule is c1ccc2c(c1)ccc1c3ccc4c5ccccc5c5ncccc5c4c3oc21. The summed E-state index contributed by atoms with van der Waals surface area (Å²) in [6.45, 7) is 0. The Labute approximate surface area is 166 Å². The van der Waals surface area contributed by atoms with Crippen LogP contribution in [0.5, 0.6) is 0 Å². The van der Waals surface area contributed by atoms with Gasteiger partial charge in [0.1, 0.15) is 11.2 Å². The Morgan fingerprint density at radius 2 is 1.17 bits per heavy atom. The monoisotopic (exact) mass is 369 g/mol. The average Bonchev–Trinajstić information content (AvgIpc) is 3.18. The molecule has 0 saturated carbocycles. The van der Waals surface area contributed by atoms with Gasteiger partial charge in [-0.25, -0.2) is 0 Å². The number of pyridine rings is 1. The first-order chi connectivity index (χ1) is 14.4. The van der Waals surface area contributed by atoms with Crippen LogP contribution in [0.2, 0.25) is 0 Å². The van der Waals surface area contributed by atoms with Gasteiger partial charge in [0.25, 0.3) is 0 Å². The smallest absolute Gasteiger partial charge is 0.143 e. The Kier molecular flexibility index (Phi) is 2.77. The quantitative estimate of drug-likeness (QED) is 0.257. The minimum Gasteiger partial charge on any atom is -0.455 e. The van der Waals surface area contributed by atoms with Gasteiger partial charge in [-0.1, -0.05) is 66.7 Å². The molecule has 2 heterocycles. The number of furan rings is 1. The second kappa shape index (κ2) is 5.33. The molecule has 7 rings (SSSR count). The number of hydrogen-bond acceptors (Lipinski definition) is 2. The van der Waals surface area contributed by atoms with Gasteiger partial charge in [0.15, 0.2) is 0 Å². The summed E-state index contributed by atoms with van der Waals surface area (Å²) in [6.07, 6.45) is 1.87. The van der Waals surface area contributed by atoms with Crippen molar-refractivity contribution < 1.29 is 4.42 Å². The van der Waals surface area contributed by atoms with Crippen LogP contribution in [-0.4, -0.2) is 4.98 Å². The fourth-order valence-corrected chi connectivity index (χ4v) is 4.81. The highest BCUT2D eigenvalue weighted by atomic mass is 16.3. The minimum absolute atomic E-state index is 0.942. The molecule has 0 amide bonds. The number of rotatable bonds is 0. The van der Waals surface area contributed by atoms with E-state index in [-0.39, 0.29) is 0 Å². The number of benzene rings is 5. The molecule has 2 aromatic heterocycles. The molecule has 2 heteroatoms. The second-order valence-corrected chi connectivity index (χ2v) is 7.58. The van der Waals surface area contributed by atoms with E-state index in [4.69, 9.17) is 9.40 Å². The lowest BCUT2D eigenvalue weighted by Crippen LogP contribution is -1.85. The van der Waals surface area contributed by atoms with Gasteiger partial charge in [-0.3, -0.25) is 4.98 Å². The normalized spacial score (nSPS) is 12.1. The van der Waals surface area contributed by atoms with E-state index in [0.29, 0.717) is 0 Å². The Balaban J connectivity index is 1.82. The zero-order valence-electron chi connectivity index (χ0n) is 15.5. The molecule has 0 aliphatic heterocycles. The molecule has 0 atom stereocenters. The molecule has 29 heavy (non-hydrogen) atoms. The summed E-state index contributed by atoms with van der Waals surface area (Å²) >= 11 is 0. The van der Waals surface area contributed by atoms with Crippen LogP contribution in [0.15, 0.2) is 95.5 Å². The van der Waals surface area contributed by atoms with Gasteiger partial charge in [0.05, 0.1) is 5.52 Å². The highest BCUT2D eigenvalue weighted by molar-refractivity contribution is 6.32. The zero-order chi connectivity index (χ0) is 18.9. The van der Waals surface area contributed by atoms with Crippen molar-refractivity contribution in [1.29, 1.82) is 0 Å². The third-order valence-electron chi connectivity index (χ3n) is 6.08. The molecular formula is C27H15NO. The van der Waals surface area contributed by atoms with Crippen molar-refractivity contribution >= 4 is 65.2 Å². The first-order valence-electron chi connectivity index (χ1n) is 9.82. The van der Waals surface area contributed by atoms with E-state index < -0.39 is 0 Å². The van der Waals surface area contributed by atoms with Crippen LogP contribution >= 0.6 is 0 Å². The Bertz CT molecular complexity index is 1720. The van der Waals surface area contributed by atoms with Gasteiger partial charge < -0.3 is 4.42 Å². The van der Waals surface area contributed by atoms with Crippen molar-refractivity contribution in [2.75, 3.05) is 0 Å². The number of nitrogens with zero attached hydrogens (tertiary/aromatic N) is 1. The molecule has 5 aromatic carbocycles. The molecular weight excluding hydrogens is 354 g/mol. The van der Waals surface area contributed by atoms with Crippen molar-refractivity contribution in [2.45, 2.75) is 0 Å². The number of aromatic nitrogens is 1. The summed E-state index contributed by atoms with van der Waals surface area (Å²) < 4.78 is 6.61. The van der Waals surface area contributed by atoms with Gasteiger partial charge in [-0.05, 0) is 34.4 Å². The maximum Gasteiger partial charge on any atom is 0.143 e. The number of hydrogen-bond donors (Lipinski definition) is 0. The lowest BCUT2D eigenvalue weighted by molar-refractivity contribution is 0.677. The van der Waals surface area contributed by atoms with Crippen LogP contribution in [-0.2, 0) is 0 Å². The predicted octanol–water partition coefficient (Wildman–Crippen LogP) is 7.59. The van der Waals surface area contributed by atoms with Crippen molar-refractivity contribution in [2.24, 2.45) is 0 Å². The van der Waals surface area contributed by atoms with Crippen molar-refractivity contribution in [3.8, 4) is 0 Å². The van der Waals surface area contributed by atoms with Crippen LogP contribution in [0.3, 0.4) is 0 Å². The predicted molar refractivity (Wildman–Crippen MR) is 122 cm³/mol. The van der Waals surface area contributed by atoms with Gasteiger partial charge >= 0.3 is 0 Å². The van der Waals surface area contributed by atoms with Gasteiger partial charge in [-0.15, -0.1) is 0 Å².